The average Bonchev–Trinajstić information content (AvgIpc) is 1.65. The maximum Gasteiger partial charge on any atom is 0.317 e. The van der Waals surface area contributed by atoms with Crippen LogP contribution in [-0.4, -0.2) is 405 Å². The Bertz CT molecular complexity index is 2850. The maximum atomic E-state index is 14.3. The Labute approximate surface area is 602 Å². The number of amides is 3. The fourth-order valence-corrected chi connectivity index (χ4v) is 12.6. The third-order valence-electron chi connectivity index (χ3n) is 18.8. The number of carboxylic acid groups (broad SMARTS) is 4. The fourth-order valence-electron chi connectivity index (χ4n) is 12.6. The first-order chi connectivity index (χ1) is 49.3. The van der Waals surface area contributed by atoms with Crippen LogP contribution in [0, 0.1) is 5.92 Å². The van der Waals surface area contributed by atoms with E-state index in [9.17, 15) is 125 Å². The number of amidine groups is 1. The van der Waals surface area contributed by atoms with Crippen molar-refractivity contribution in [3.63, 3.8) is 0 Å². The van der Waals surface area contributed by atoms with Crippen molar-refractivity contribution < 1.29 is 125 Å². The average molecular weight is 1490 g/mol. The Balaban J connectivity index is 1.31. The lowest BCUT2D eigenvalue weighted by atomic mass is 9.91. The largest absolute Gasteiger partial charge is 0.481 e. The third-order valence-corrected chi connectivity index (χ3v) is 18.8. The molecule has 0 aromatic rings. The number of hydrogen-bond donors (Lipinski definition) is 25. The molecule has 17 atom stereocenters. The van der Waals surface area contributed by atoms with Gasteiger partial charge in [0.15, 0.2) is 0 Å². The van der Waals surface area contributed by atoms with E-state index in [0.29, 0.717) is 50.9 Å². The third kappa shape index (κ3) is 30.5. The molecule has 39 nitrogen and oxygen atoms in total. The molecule has 25 N–H and O–H groups in total. The standard InChI is InChI=1S/C65H112N14O25/c1-74(31-50-70-41-8-4-5-9-42(41)71-50)64(103)38-10-11-40-39(26-38)30-79(65(104)45(69-40)27-54(89)90)17-7-3-2-6-16-66-62(101)43(12-14-51(86)67-28-46(82)58(97)60(99)48(84)36-80)73-63(102)44(13-15-52(87)68-29-47(83)59(98)61(100)49(85)37-81)72-53(88)32-75-18-20-76(33-55(91)92)22-24-78(35-57(95)96)25-23-77(21-19-75)34-56(93)94/h4-5,8,11,26,38,42-49,51,58-61,63-65,67,69,73,80-86,97-100,102-104H,2-3,6-7,9-10,12-25,27-37H2,1H3,(H,66,101)(H,68,87)(H,70,71)(H,72,88)(H,89,90)(H,91,92)(H,93,94)(H,95,96)/t38?,42?,43-,44-,45?,46+,47-,48-,49+,51+,58+,59-,60-,61+,63+,64+,65+/m0/s1. The number of allylic oxidation sites excluding steroid dienone is 3. The minimum atomic E-state index is -2.05. The highest BCUT2D eigenvalue weighted by Crippen LogP contribution is 2.30. The predicted molar refractivity (Wildman–Crippen MR) is 369 cm³/mol. The number of hydrogen-bond acceptors (Lipinski definition) is 32. The first kappa shape index (κ1) is 88.3. The van der Waals surface area contributed by atoms with E-state index in [-0.39, 0.29) is 90.2 Å². The Kier molecular flexibility index (Phi) is 38.5. The van der Waals surface area contributed by atoms with E-state index < -0.39 is 205 Å². The first-order valence-corrected chi connectivity index (χ1v) is 35.2. The minimum Gasteiger partial charge on any atom is -0.481 e. The molecule has 3 aliphatic heterocycles. The van der Waals surface area contributed by atoms with Gasteiger partial charge in [0.1, 0.15) is 67.4 Å². The number of likely N-dealkylation sites (N-methyl/N-ethyl adjacent to an activating group) is 1. The molecule has 3 unspecified atom stereocenters. The first-order valence-electron chi connectivity index (χ1n) is 35.2. The summed E-state index contributed by atoms with van der Waals surface area (Å²) in [7, 11) is 1.80. The molecule has 3 heterocycles. The molecule has 0 aromatic carbocycles. The Hall–Kier alpha value is -6.36. The van der Waals surface area contributed by atoms with Gasteiger partial charge in [-0.15, -0.1) is 0 Å². The van der Waals surface area contributed by atoms with Crippen LogP contribution in [0.3, 0.4) is 0 Å². The number of rotatable bonds is 45. The van der Waals surface area contributed by atoms with Crippen LogP contribution < -0.4 is 37.2 Å². The molecule has 2 aliphatic carbocycles. The zero-order valence-electron chi connectivity index (χ0n) is 58.7. The second-order valence-corrected chi connectivity index (χ2v) is 27.0. The van der Waals surface area contributed by atoms with Gasteiger partial charge in [0, 0.05) is 109 Å². The van der Waals surface area contributed by atoms with Gasteiger partial charge in [-0.05, 0) is 63.6 Å². The van der Waals surface area contributed by atoms with Crippen molar-refractivity contribution in [1.29, 1.82) is 0 Å². The highest BCUT2D eigenvalue weighted by Gasteiger charge is 2.38. The molecule has 104 heavy (non-hydrogen) atoms. The van der Waals surface area contributed by atoms with E-state index >= 15 is 0 Å². The van der Waals surface area contributed by atoms with E-state index in [2.05, 4.69) is 37.2 Å². The number of aliphatic hydroxyl groups excluding tert-OH is 14. The monoisotopic (exact) mass is 1490 g/mol. The van der Waals surface area contributed by atoms with Crippen molar-refractivity contribution in [1.82, 2.24) is 66.6 Å². The lowest BCUT2D eigenvalue weighted by Crippen LogP contribution is -2.58. The normalized spacial score (nSPS) is 23.5. The van der Waals surface area contributed by atoms with Crippen LogP contribution in [0.4, 0.5) is 0 Å². The molecule has 2 fully saturated rings. The number of fused-ring (bicyclic) bond motifs is 2. The zero-order chi connectivity index (χ0) is 76.7. The van der Waals surface area contributed by atoms with Crippen LogP contribution in [0.1, 0.15) is 70.6 Å². The van der Waals surface area contributed by atoms with E-state index in [4.69, 9.17) is 4.99 Å². The van der Waals surface area contributed by atoms with Crippen molar-refractivity contribution in [2.75, 3.05) is 138 Å². The van der Waals surface area contributed by atoms with Gasteiger partial charge >= 0.3 is 23.9 Å². The Morgan fingerprint density at radius 1 is 0.644 bits per heavy atom. The summed E-state index contributed by atoms with van der Waals surface area (Å²) in [6.45, 7) is -3.79. The van der Waals surface area contributed by atoms with Gasteiger partial charge in [0.2, 0.25) is 17.7 Å². The summed E-state index contributed by atoms with van der Waals surface area (Å²) in [5.41, 5.74) is 2.42. The van der Waals surface area contributed by atoms with Gasteiger partial charge in [0.25, 0.3) is 0 Å². The second-order valence-electron chi connectivity index (χ2n) is 27.0. The van der Waals surface area contributed by atoms with E-state index in [0.717, 1.165) is 23.5 Å². The van der Waals surface area contributed by atoms with Gasteiger partial charge in [-0.2, -0.15) is 0 Å². The van der Waals surface area contributed by atoms with Gasteiger partial charge < -0.3 is 119 Å². The smallest absolute Gasteiger partial charge is 0.317 e. The molecule has 0 spiro atoms. The van der Waals surface area contributed by atoms with Crippen LogP contribution in [0.15, 0.2) is 52.3 Å². The van der Waals surface area contributed by atoms with E-state index in [1.807, 2.05) is 30.4 Å². The number of carboxylic acids is 4. The van der Waals surface area contributed by atoms with Crippen LogP contribution in [0.25, 0.3) is 0 Å². The topological polar surface area (TPSA) is 600 Å². The summed E-state index contributed by atoms with van der Waals surface area (Å²) in [6, 6.07) is -3.82. The quantitative estimate of drug-likeness (QED) is 0.0199. The van der Waals surface area contributed by atoms with Gasteiger partial charge in [-0.3, -0.25) is 78.6 Å². The predicted octanol–water partition coefficient (Wildman–Crippen LogP) is -10.3. The lowest BCUT2D eigenvalue weighted by molar-refractivity contribution is -0.140. The fraction of sp³-hybridized carbons (Fsp3) is 0.754. The Morgan fingerprint density at radius 2 is 1.19 bits per heavy atom. The van der Waals surface area contributed by atoms with Crippen molar-refractivity contribution >= 4 is 47.4 Å². The SMILES string of the molecule is CN(CC1=NC2CC=CC=C2N1)[C@H](O)C1C=C2CN(CCCCCCNC(=O)[C@H](CC[C@@H](O)NC[C@@H](O)[C@@H](O)[C@@H](O)[C@@H](O)CO)N[C@H](O)[C@H](CCC(=O)NC[C@H](O)[C@H](O)[C@H](O)[C@H](O)CO)NC(=O)CN3CCN(CC(=O)O)CCN(CC(=O)O)CCN(CC(=O)O)CC3)[C@H](O)C(CC(=O)O)NC2=CC1. The number of aliphatic imine (C=N–C) groups is 1. The Morgan fingerprint density at radius 3 is 1.74 bits per heavy atom. The number of aliphatic hydroxyl groups is 14. The van der Waals surface area contributed by atoms with Gasteiger partial charge in [-0.25, -0.2) is 0 Å². The molecule has 2 saturated heterocycles. The van der Waals surface area contributed by atoms with Gasteiger partial charge in [-0.1, -0.05) is 37.1 Å². The molecule has 0 aromatic heterocycles. The van der Waals surface area contributed by atoms with Crippen LogP contribution in [-0.2, 0) is 33.6 Å². The van der Waals surface area contributed by atoms with Crippen molar-refractivity contribution in [2.45, 2.75) is 169 Å². The number of carbonyl (C=O) groups is 7. The molecule has 0 saturated carbocycles. The van der Waals surface area contributed by atoms with Crippen molar-refractivity contribution in [3.05, 3.63) is 47.3 Å². The number of carbonyl (C=O) groups excluding carboxylic acids is 3. The molecule has 5 aliphatic rings. The van der Waals surface area contributed by atoms with Gasteiger partial charge in [0.05, 0.1) is 88.7 Å². The molecule has 3 amide bonds. The molecular weight excluding hydrogens is 1380 g/mol. The lowest BCUT2D eigenvalue weighted by Gasteiger charge is -2.33. The summed E-state index contributed by atoms with van der Waals surface area (Å²) in [6.07, 6.45) is -10.2. The summed E-state index contributed by atoms with van der Waals surface area (Å²) >= 11 is 0. The zero-order valence-corrected chi connectivity index (χ0v) is 58.7. The summed E-state index contributed by atoms with van der Waals surface area (Å²) in [4.78, 5) is 104. The molecular formula is C65H112N14O25. The minimum absolute atomic E-state index is 0.00256. The van der Waals surface area contributed by atoms with Crippen LogP contribution >= 0.6 is 0 Å². The molecule has 0 radical (unpaired) electrons. The van der Waals surface area contributed by atoms with Crippen molar-refractivity contribution in [2.24, 2.45) is 10.9 Å². The van der Waals surface area contributed by atoms with Crippen molar-refractivity contribution in [3.8, 4) is 0 Å². The van der Waals surface area contributed by atoms with E-state index in [1.54, 1.807) is 26.6 Å². The van der Waals surface area contributed by atoms with Crippen LogP contribution in [0.5, 0.6) is 0 Å². The number of nitrogens with one attached hydrogen (secondary N) is 7. The molecule has 5 rings (SSSR count). The number of aliphatic carboxylic acids is 4. The molecule has 0 bridgehead atoms. The highest BCUT2D eigenvalue weighted by atomic mass is 16.4. The maximum absolute atomic E-state index is 14.3. The summed E-state index contributed by atoms with van der Waals surface area (Å²) in [5.74, 6) is -6.71. The molecule has 592 valence electrons. The highest BCUT2D eigenvalue weighted by molar-refractivity contribution is 5.88. The number of unbranched alkanes of at least 4 members (excludes halogenated alkanes) is 3. The summed E-state index contributed by atoms with van der Waals surface area (Å²) < 4.78 is 0. The van der Waals surface area contributed by atoms with Crippen LogP contribution in [0.2, 0.25) is 0 Å². The number of nitrogens with zero attached hydrogens (tertiary/aromatic N) is 7. The van der Waals surface area contributed by atoms with E-state index in [1.165, 1.54) is 9.80 Å². The second kappa shape index (κ2) is 45.3. The molecule has 39 heteroatoms. The summed E-state index contributed by atoms with van der Waals surface area (Å²) in [5, 5.41) is 205.